The van der Waals surface area contributed by atoms with Crippen molar-refractivity contribution < 1.29 is 39.8 Å². The first-order valence-corrected chi connectivity index (χ1v) is 17.6. The van der Waals surface area contributed by atoms with E-state index in [0.717, 1.165) is 51.4 Å². The summed E-state index contributed by atoms with van der Waals surface area (Å²) in [6, 6.07) is 0. The van der Waals surface area contributed by atoms with E-state index in [4.69, 9.17) is 9.47 Å². The molecule has 0 aromatic carbocycles. The number of fused-ring (bicyclic) bond motifs is 7. The van der Waals surface area contributed by atoms with Gasteiger partial charge >= 0.3 is 5.97 Å². The van der Waals surface area contributed by atoms with Crippen LogP contribution in [0.25, 0.3) is 0 Å². The first-order chi connectivity index (χ1) is 20.7. The molecule has 0 aromatic heterocycles. The van der Waals surface area contributed by atoms with Crippen molar-refractivity contribution in [1.82, 2.24) is 0 Å². The summed E-state index contributed by atoms with van der Waals surface area (Å²) in [5.74, 6) is -0.476. The second kappa shape index (κ2) is 10.2. The van der Waals surface area contributed by atoms with E-state index in [2.05, 4.69) is 61.5 Å². The van der Waals surface area contributed by atoms with Crippen molar-refractivity contribution in [2.45, 2.75) is 150 Å². The van der Waals surface area contributed by atoms with E-state index in [1.54, 1.807) is 0 Å². The van der Waals surface area contributed by atoms with E-state index >= 15 is 0 Å². The van der Waals surface area contributed by atoms with Gasteiger partial charge in [0.15, 0.2) is 6.29 Å². The van der Waals surface area contributed by atoms with Crippen LogP contribution in [0.5, 0.6) is 0 Å². The Labute approximate surface area is 270 Å². The van der Waals surface area contributed by atoms with Gasteiger partial charge in [-0.1, -0.05) is 67.0 Å². The zero-order valence-electron chi connectivity index (χ0n) is 29.0. The van der Waals surface area contributed by atoms with Crippen LogP contribution < -0.4 is 0 Å². The van der Waals surface area contributed by atoms with E-state index in [0.29, 0.717) is 12.8 Å². The zero-order valence-corrected chi connectivity index (χ0v) is 29.0. The Bertz CT molecular complexity index is 1250. The lowest BCUT2D eigenvalue weighted by Crippen LogP contribution is -2.71. The topological polar surface area (TPSA) is 137 Å². The molecule has 0 radical (unpaired) electrons. The summed E-state index contributed by atoms with van der Waals surface area (Å²) in [7, 11) is 0. The highest BCUT2D eigenvalue weighted by Gasteiger charge is 2.75. The Morgan fingerprint density at radius 3 is 2.18 bits per heavy atom. The van der Waals surface area contributed by atoms with Crippen LogP contribution in [-0.4, -0.2) is 75.4 Å². The number of hydrogen-bond acceptors (Lipinski definition) is 7. The first kappa shape index (κ1) is 33.9. The molecule has 0 amide bonds. The molecule has 45 heavy (non-hydrogen) atoms. The Hall–Kier alpha value is -1.03. The molecule has 6 rings (SSSR count). The monoisotopic (exact) mass is 632 g/mol. The molecule has 5 fully saturated rings. The fraction of sp³-hybridized carbons (Fsp3) is 0.919. The third-order valence-electron chi connectivity index (χ3n) is 16.4. The number of aliphatic hydroxyl groups is 4. The number of aliphatic carboxylic acids is 1. The highest BCUT2D eigenvalue weighted by atomic mass is 16.7. The normalized spacial score (nSPS) is 55.8. The van der Waals surface area contributed by atoms with Crippen molar-refractivity contribution >= 4 is 5.97 Å². The molecule has 8 heteroatoms. The van der Waals surface area contributed by atoms with Gasteiger partial charge in [-0.2, -0.15) is 0 Å². The summed E-state index contributed by atoms with van der Waals surface area (Å²) in [6.45, 7) is 18.7. The molecule has 1 saturated heterocycles. The van der Waals surface area contributed by atoms with Gasteiger partial charge in [0, 0.05) is 10.8 Å². The number of carbonyl (C=O) groups is 1. The van der Waals surface area contributed by atoms with Crippen LogP contribution in [0.2, 0.25) is 0 Å². The molecular weight excluding hydrogens is 572 g/mol. The molecule has 256 valence electrons. The number of carboxylic acid groups (broad SMARTS) is 1. The molecule has 6 aliphatic rings. The van der Waals surface area contributed by atoms with Crippen molar-refractivity contribution in [2.24, 2.45) is 49.2 Å². The molecule has 8 nitrogen and oxygen atoms in total. The summed E-state index contributed by atoms with van der Waals surface area (Å²) < 4.78 is 12.1. The van der Waals surface area contributed by atoms with Gasteiger partial charge in [-0.15, -0.1) is 0 Å². The van der Waals surface area contributed by atoms with Crippen molar-refractivity contribution in [3.05, 3.63) is 11.6 Å². The summed E-state index contributed by atoms with van der Waals surface area (Å²) in [5, 5.41) is 52.8. The van der Waals surface area contributed by atoms with Crippen LogP contribution in [0.3, 0.4) is 0 Å². The van der Waals surface area contributed by atoms with Crippen LogP contribution in [0, 0.1) is 49.2 Å². The molecule has 1 heterocycles. The largest absolute Gasteiger partial charge is 0.481 e. The average Bonchev–Trinajstić information content (AvgIpc) is 2.95. The molecule has 13 atom stereocenters. The van der Waals surface area contributed by atoms with Gasteiger partial charge in [-0.3, -0.25) is 4.79 Å². The van der Waals surface area contributed by atoms with E-state index < -0.39 is 46.8 Å². The number of aliphatic hydroxyl groups excluding tert-OH is 4. The maximum atomic E-state index is 13.2. The van der Waals surface area contributed by atoms with Crippen LogP contribution in [0.1, 0.15) is 120 Å². The number of ether oxygens (including phenoxy) is 2. The molecule has 0 aromatic rings. The lowest BCUT2D eigenvalue weighted by molar-refractivity contribution is -0.320. The van der Waals surface area contributed by atoms with Crippen molar-refractivity contribution in [2.75, 3.05) is 13.2 Å². The summed E-state index contributed by atoms with van der Waals surface area (Å²) in [6.07, 6.45) is 5.69. The van der Waals surface area contributed by atoms with E-state index in [1.165, 1.54) is 5.57 Å². The minimum absolute atomic E-state index is 0.0641. The predicted octanol–water partition coefficient (Wildman–Crippen LogP) is 5.45. The van der Waals surface area contributed by atoms with Gasteiger partial charge in [0.05, 0.1) is 24.7 Å². The molecule has 1 aliphatic heterocycles. The number of allylic oxidation sites excluding steroid dienone is 2. The third-order valence-corrected chi connectivity index (χ3v) is 16.4. The lowest BCUT2D eigenvalue weighted by atomic mass is 9.27. The predicted molar refractivity (Wildman–Crippen MR) is 170 cm³/mol. The molecule has 5 aliphatic carbocycles. The fourth-order valence-electron chi connectivity index (χ4n) is 13.2. The average molecular weight is 633 g/mol. The molecular formula is C37H60O8. The fourth-order valence-corrected chi connectivity index (χ4v) is 13.2. The number of rotatable bonds is 4. The van der Waals surface area contributed by atoms with Gasteiger partial charge in [0.1, 0.15) is 18.3 Å². The maximum Gasteiger partial charge on any atom is 0.310 e. The Kier molecular flexibility index (Phi) is 7.70. The smallest absolute Gasteiger partial charge is 0.310 e. The molecule has 0 unspecified atom stereocenters. The lowest BCUT2D eigenvalue weighted by Gasteiger charge is -2.77. The Balaban J connectivity index is 1.38. The van der Waals surface area contributed by atoms with Gasteiger partial charge in [-0.25, -0.2) is 0 Å². The highest BCUT2D eigenvalue weighted by Crippen LogP contribution is 2.82. The quantitative estimate of drug-likeness (QED) is 0.204. The van der Waals surface area contributed by atoms with E-state index in [1.807, 2.05) is 0 Å². The number of hydrogen-bond donors (Lipinski definition) is 5. The van der Waals surface area contributed by atoms with Crippen LogP contribution in [0.15, 0.2) is 11.6 Å². The van der Waals surface area contributed by atoms with Gasteiger partial charge < -0.3 is 35.0 Å². The second-order valence-electron chi connectivity index (χ2n) is 18.5. The maximum absolute atomic E-state index is 13.2. The van der Waals surface area contributed by atoms with Gasteiger partial charge in [0.25, 0.3) is 0 Å². The van der Waals surface area contributed by atoms with Crippen molar-refractivity contribution in [3.8, 4) is 0 Å². The number of carboxylic acids is 1. The van der Waals surface area contributed by atoms with Gasteiger partial charge in [-0.05, 0) is 97.2 Å². The standard InChI is InChI=1S/C37H60O8/c1-30(2)15-17-37(29(42)43)18-16-33(5)24(34(37,6)20-30)10-14-35(7)32(4)12-11-25(45-28-27(41)26(40)22(39)19-44-28)31(3,21-38)23(32)9-13-36(33,35)8/h10,22-23,25-28,38-41H,9,11-21H2,1-8H3,(H,42,43)/t22-,23-,25-,26-,27+,28-,31-,32-,33+,34-,35+,36-,37+/m0/s1. The molecule has 4 saturated carbocycles. The third kappa shape index (κ3) is 4.08. The molecule has 0 spiro atoms. The summed E-state index contributed by atoms with van der Waals surface area (Å²) >= 11 is 0. The van der Waals surface area contributed by atoms with Crippen molar-refractivity contribution in [3.63, 3.8) is 0 Å². The van der Waals surface area contributed by atoms with Crippen LogP contribution in [0.4, 0.5) is 0 Å². The first-order valence-electron chi connectivity index (χ1n) is 17.6. The minimum Gasteiger partial charge on any atom is -0.481 e. The Morgan fingerprint density at radius 1 is 0.867 bits per heavy atom. The summed E-state index contributed by atoms with van der Waals surface area (Å²) in [5.41, 5.74) is -0.693. The summed E-state index contributed by atoms with van der Waals surface area (Å²) in [4.78, 5) is 13.2. The Morgan fingerprint density at radius 2 is 1.53 bits per heavy atom. The van der Waals surface area contributed by atoms with Gasteiger partial charge in [0.2, 0.25) is 0 Å². The van der Waals surface area contributed by atoms with E-state index in [-0.39, 0.29) is 52.3 Å². The highest BCUT2D eigenvalue weighted by molar-refractivity contribution is 5.78. The van der Waals surface area contributed by atoms with E-state index in [9.17, 15) is 30.3 Å². The molecule has 0 bridgehead atoms. The second-order valence-corrected chi connectivity index (χ2v) is 18.5. The van der Waals surface area contributed by atoms with Crippen LogP contribution >= 0.6 is 0 Å². The SMILES string of the molecule is CC1(C)CC[C@]2(C(=O)O)CC[C@]3(C)C(=CC[C@@]4(C)[C@@]3(C)CC[C@H]3[C@](C)(CO)[C@@H](O[C@@H]5OC[C@H](O)[C@H](O)[C@H]5O)CC[C@@]34C)[C@]2(C)C1. The van der Waals surface area contributed by atoms with Crippen LogP contribution in [-0.2, 0) is 14.3 Å². The molecule has 5 N–H and O–H groups in total. The zero-order chi connectivity index (χ0) is 33.2. The minimum atomic E-state index is -1.37. The van der Waals surface area contributed by atoms with Crippen molar-refractivity contribution in [1.29, 1.82) is 0 Å².